The van der Waals surface area contributed by atoms with Crippen molar-refractivity contribution in [2.45, 2.75) is 56.4 Å². The maximum Gasteiger partial charge on any atom is 0.256 e. The molecule has 0 bridgehead atoms. The van der Waals surface area contributed by atoms with Gasteiger partial charge in [-0.15, -0.1) is 0 Å². The number of nitrogens with zero attached hydrogens (tertiary/aromatic N) is 4. The van der Waals surface area contributed by atoms with Gasteiger partial charge in [0.1, 0.15) is 5.82 Å². The first-order valence-electron chi connectivity index (χ1n) is 18.0. The molecule has 0 radical (unpaired) electrons. The third kappa shape index (κ3) is 6.88. The number of aromatic nitrogens is 3. The molecule has 6 aromatic rings. The van der Waals surface area contributed by atoms with E-state index < -0.39 is 24.2 Å². The van der Waals surface area contributed by atoms with Crippen LogP contribution in [-0.2, 0) is 20.8 Å². The summed E-state index contributed by atoms with van der Waals surface area (Å²) in [5.74, 6) is 0.850. The van der Waals surface area contributed by atoms with Gasteiger partial charge in [0.15, 0.2) is 23.8 Å². The zero-order chi connectivity index (χ0) is 36.5. The summed E-state index contributed by atoms with van der Waals surface area (Å²) in [6, 6.07) is 30.1. The van der Waals surface area contributed by atoms with Crippen molar-refractivity contribution >= 4 is 28.6 Å². The monoisotopic (exact) mass is 709 g/mol. The number of aliphatic hydroxyl groups is 2. The summed E-state index contributed by atoms with van der Waals surface area (Å²) in [4.78, 5) is 55.7. The minimum absolute atomic E-state index is 0.0587. The van der Waals surface area contributed by atoms with Crippen molar-refractivity contribution in [3.05, 3.63) is 132 Å². The van der Waals surface area contributed by atoms with Crippen LogP contribution in [0.3, 0.4) is 0 Å². The first-order valence-corrected chi connectivity index (χ1v) is 18.0. The number of carbonyl (C=O) groups is 3. The number of Topliss-reactive ketones (excluding diaryl/α,β-unsaturated/α-hetero) is 1. The molecule has 4 atom stereocenters. The lowest BCUT2D eigenvalue weighted by molar-refractivity contribution is -0.144. The highest BCUT2D eigenvalue weighted by Gasteiger charge is 2.37. The molecule has 3 N–H and O–H groups in total. The lowest BCUT2D eigenvalue weighted by Crippen LogP contribution is -2.43. The van der Waals surface area contributed by atoms with Gasteiger partial charge in [0.2, 0.25) is 5.89 Å². The number of rotatable bonds is 10. The van der Waals surface area contributed by atoms with E-state index in [4.69, 9.17) is 9.40 Å². The normalized spacial score (nSPS) is 18.4. The third-order valence-electron chi connectivity index (χ3n) is 10.3. The van der Waals surface area contributed by atoms with Crippen molar-refractivity contribution in [2.24, 2.45) is 0 Å². The number of nitrogens with one attached hydrogen (secondary N) is 1. The highest BCUT2D eigenvalue weighted by molar-refractivity contribution is 5.92. The van der Waals surface area contributed by atoms with Gasteiger partial charge in [-0.3, -0.25) is 14.4 Å². The van der Waals surface area contributed by atoms with Gasteiger partial charge in [-0.25, -0.2) is 9.97 Å². The quantitative estimate of drug-likeness (QED) is 0.154. The van der Waals surface area contributed by atoms with Gasteiger partial charge in [-0.05, 0) is 72.7 Å². The fourth-order valence-electron chi connectivity index (χ4n) is 7.52. The Bertz CT molecular complexity index is 2250. The zero-order valence-electron chi connectivity index (χ0n) is 29.0. The Morgan fingerprint density at radius 2 is 1.40 bits per heavy atom. The Hall–Kier alpha value is -5.91. The first-order chi connectivity index (χ1) is 25.8. The molecule has 2 aliphatic heterocycles. The van der Waals surface area contributed by atoms with Crippen molar-refractivity contribution in [1.82, 2.24) is 24.8 Å². The molecule has 2 amide bonds. The van der Waals surface area contributed by atoms with Gasteiger partial charge in [0.25, 0.3) is 11.8 Å². The topological polar surface area (TPSA) is 153 Å². The molecule has 0 spiro atoms. The number of hydrogen-bond donors (Lipinski definition) is 3. The Balaban J connectivity index is 0.924. The number of aromatic amines is 1. The second-order valence-corrected chi connectivity index (χ2v) is 13.7. The van der Waals surface area contributed by atoms with E-state index in [1.807, 2.05) is 54.6 Å². The molecule has 4 aromatic carbocycles. The van der Waals surface area contributed by atoms with Crippen LogP contribution in [0.1, 0.15) is 66.4 Å². The summed E-state index contributed by atoms with van der Waals surface area (Å²) in [6.45, 7) is 0.994. The van der Waals surface area contributed by atoms with Crippen LogP contribution < -0.4 is 0 Å². The molecule has 2 aromatic heterocycles. The van der Waals surface area contributed by atoms with Gasteiger partial charge < -0.3 is 29.4 Å². The third-order valence-corrected chi connectivity index (χ3v) is 10.3. The molecule has 2 fully saturated rings. The van der Waals surface area contributed by atoms with Crippen LogP contribution in [-0.4, -0.2) is 71.7 Å². The number of amides is 2. The zero-order valence-corrected chi connectivity index (χ0v) is 29.0. The Morgan fingerprint density at radius 1 is 0.774 bits per heavy atom. The van der Waals surface area contributed by atoms with Gasteiger partial charge in [-0.1, -0.05) is 72.8 Å². The van der Waals surface area contributed by atoms with Gasteiger partial charge in [-0.2, -0.15) is 0 Å². The predicted molar refractivity (Wildman–Crippen MR) is 197 cm³/mol. The molecule has 11 nitrogen and oxygen atoms in total. The number of hydrogen-bond acceptors (Lipinski definition) is 8. The van der Waals surface area contributed by atoms with Crippen LogP contribution in [0.15, 0.2) is 114 Å². The largest absolute Gasteiger partial charge is 0.436 e. The standard InChI is InChI=1S/C42H39N5O6/c48-35(33-13-7-21-46(33)41(51)37(49)27-9-3-1-4-10-27)23-26-15-17-29(18-16-26)40-43-25-36(53-40)30-19-20-31-32(24-30)45-39(44-31)34-14-8-22-47(34)42(52)38(50)28-11-5-2-6-12-28/h1-6,9-12,15-20,24-25,33-34,37-38,49-50H,7-8,13-14,21-23H2,(H,44,45)/t33?,34-,37+,38+/m0/s1. The van der Waals surface area contributed by atoms with Crippen molar-refractivity contribution < 1.29 is 29.0 Å². The highest BCUT2D eigenvalue weighted by Crippen LogP contribution is 2.35. The summed E-state index contributed by atoms with van der Waals surface area (Å²) >= 11 is 0. The highest BCUT2D eigenvalue weighted by atomic mass is 16.4. The predicted octanol–water partition coefficient (Wildman–Crippen LogP) is 6.12. The van der Waals surface area contributed by atoms with E-state index in [0.717, 1.165) is 40.6 Å². The fraction of sp³-hybridized carbons (Fsp3) is 0.262. The van der Waals surface area contributed by atoms with E-state index >= 15 is 0 Å². The molecule has 268 valence electrons. The fourth-order valence-corrected chi connectivity index (χ4v) is 7.52. The number of fused-ring (bicyclic) bond motifs is 1. The van der Waals surface area contributed by atoms with E-state index in [1.54, 1.807) is 59.6 Å². The van der Waals surface area contributed by atoms with E-state index in [9.17, 15) is 24.6 Å². The van der Waals surface area contributed by atoms with Gasteiger partial charge in [0.05, 0.1) is 29.3 Å². The van der Waals surface area contributed by atoms with Crippen molar-refractivity contribution in [3.63, 3.8) is 0 Å². The van der Waals surface area contributed by atoms with E-state index in [1.165, 1.54) is 4.90 Å². The Morgan fingerprint density at radius 3 is 2.09 bits per heavy atom. The van der Waals surface area contributed by atoms with E-state index in [2.05, 4.69) is 9.97 Å². The minimum Gasteiger partial charge on any atom is -0.436 e. The number of H-pyrrole nitrogens is 1. The van der Waals surface area contributed by atoms with Crippen molar-refractivity contribution in [3.8, 4) is 22.8 Å². The Kier molecular flexibility index (Phi) is 9.42. The lowest BCUT2D eigenvalue weighted by Gasteiger charge is -2.26. The summed E-state index contributed by atoms with van der Waals surface area (Å²) in [6.07, 6.45) is 2.16. The number of imidazole rings is 1. The van der Waals surface area contributed by atoms with Crippen molar-refractivity contribution in [2.75, 3.05) is 13.1 Å². The number of aliphatic hydroxyl groups excluding tert-OH is 2. The Labute approximate surface area is 305 Å². The average Bonchev–Trinajstić information content (AvgIpc) is 4.04. The van der Waals surface area contributed by atoms with Crippen LogP contribution in [0.2, 0.25) is 0 Å². The number of benzene rings is 4. The average molecular weight is 710 g/mol. The SMILES string of the molecule is O=C(Cc1ccc(-c2ncc(-c3ccc4nc([C@@H]5CCCN5C(=O)[C@H](O)c5ccccc5)[nH]c4c3)o2)cc1)C1CCCN1C(=O)[C@H](O)c1ccccc1. The van der Waals surface area contributed by atoms with E-state index in [0.29, 0.717) is 54.5 Å². The molecule has 53 heavy (non-hydrogen) atoms. The molecule has 2 aliphatic rings. The molecule has 0 aliphatic carbocycles. The molecule has 4 heterocycles. The van der Waals surface area contributed by atoms with Crippen LogP contribution in [0, 0.1) is 0 Å². The number of carbonyl (C=O) groups excluding carboxylic acids is 3. The number of likely N-dealkylation sites (tertiary alicyclic amines) is 2. The second kappa shape index (κ2) is 14.6. The summed E-state index contributed by atoms with van der Waals surface area (Å²) in [5.41, 5.74) is 5.01. The molecule has 8 rings (SSSR count). The van der Waals surface area contributed by atoms with Crippen LogP contribution in [0.5, 0.6) is 0 Å². The van der Waals surface area contributed by atoms with Crippen molar-refractivity contribution in [1.29, 1.82) is 0 Å². The minimum atomic E-state index is -1.30. The molecule has 11 heteroatoms. The molecular formula is C42H39N5O6. The summed E-state index contributed by atoms with van der Waals surface area (Å²) < 4.78 is 6.17. The van der Waals surface area contributed by atoms with E-state index in [-0.39, 0.29) is 24.2 Å². The smallest absolute Gasteiger partial charge is 0.256 e. The van der Waals surface area contributed by atoms with Crippen LogP contribution in [0.4, 0.5) is 0 Å². The summed E-state index contributed by atoms with van der Waals surface area (Å²) in [7, 11) is 0. The second-order valence-electron chi connectivity index (χ2n) is 13.7. The maximum atomic E-state index is 13.4. The molecule has 0 saturated carbocycles. The van der Waals surface area contributed by atoms with Gasteiger partial charge >= 0.3 is 0 Å². The van der Waals surface area contributed by atoms with Crippen LogP contribution in [0.25, 0.3) is 33.8 Å². The van der Waals surface area contributed by atoms with Gasteiger partial charge in [0, 0.05) is 30.6 Å². The molecule has 2 saturated heterocycles. The first kappa shape index (κ1) is 34.2. The lowest BCUT2D eigenvalue weighted by atomic mass is 10.00. The summed E-state index contributed by atoms with van der Waals surface area (Å²) in [5, 5.41) is 21.5. The number of ketones is 1. The number of oxazole rings is 1. The maximum absolute atomic E-state index is 13.4. The van der Waals surface area contributed by atoms with Crippen LogP contribution >= 0.6 is 0 Å². The molecular weight excluding hydrogens is 670 g/mol. The molecule has 1 unspecified atom stereocenters.